The first-order valence-electron chi connectivity index (χ1n) is 6.30. The molecule has 0 saturated carbocycles. The van der Waals surface area contributed by atoms with Crippen LogP contribution in [-0.2, 0) is 0 Å². The molecule has 0 N–H and O–H groups in total. The van der Waals surface area contributed by atoms with Crippen molar-refractivity contribution in [1.82, 2.24) is 0 Å². The maximum absolute atomic E-state index is 13.4. The van der Waals surface area contributed by atoms with E-state index in [0.29, 0.717) is 11.5 Å². The van der Waals surface area contributed by atoms with Gasteiger partial charge in [0.25, 0.3) is 0 Å². The van der Waals surface area contributed by atoms with Crippen molar-refractivity contribution in [2.75, 3.05) is 14.2 Å². The zero-order valence-corrected chi connectivity index (χ0v) is 11.6. The van der Waals surface area contributed by atoms with Gasteiger partial charge in [0, 0.05) is 0 Å². The largest absolute Gasteiger partial charge is 0.497 e. The van der Waals surface area contributed by atoms with Gasteiger partial charge in [-0.1, -0.05) is 24.3 Å². The Balaban J connectivity index is 2.41. The predicted molar refractivity (Wildman–Crippen MR) is 73.9 cm³/mol. The topological polar surface area (TPSA) is 18.5 Å². The fourth-order valence-electron chi connectivity index (χ4n) is 2.16. The van der Waals surface area contributed by atoms with Crippen LogP contribution in [0, 0.1) is 0 Å². The minimum Gasteiger partial charge on any atom is -0.497 e. The normalized spacial score (nSPS) is 11.5. The molecule has 0 radical (unpaired) electrons. The Labute approximate surface area is 121 Å². The fourth-order valence-corrected chi connectivity index (χ4v) is 2.16. The molecule has 112 valence electrons. The minimum atomic E-state index is -4.37. The van der Waals surface area contributed by atoms with Crippen LogP contribution in [0.25, 0.3) is 0 Å². The van der Waals surface area contributed by atoms with Crippen LogP contribution in [-0.4, -0.2) is 20.4 Å². The molecule has 2 nitrogen and oxygen atoms in total. The second-order valence-electron chi connectivity index (χ2n) is 4.52. The van der Waals surface area contributed by atoms with Crippen molar-refractivity contribution in [1.29, 1.82) is 0 Å². The zero-order valence-electron chi connectivity index (χ0n) is 11.6. The van der Waals surface area contributed by atoms with Crippen LogP contribution in [0.5, 0.6) is 11.5 Å². The lowest BCUT2D eigenvalue weighted by Crippen LogP contribution is -2.21. The third-order valence-electron chi connectivity index (χ3n) is 3.23. The number of ether oxygens (including phenoxy) is 2. The number of hydrogen-bond acceptors (Lipinski definition) is 2. The Hall–Kier alpha value is -2.17. The predicted octanol–water partition coefficient (Wildman–Crippen LogP) is 4.40. The van der Waals surface area contributed by atoms with Crippen molar-refractivity contribution >= 4 is 0 Å². The summed E-state index contributed by atoms with van der Waals surface area (Å²) in [7, 11) is 2.94. The van der Waals surface area contributed by atoms with Crippen LogP contribution in [0.1, 0.15) is 17.0 Å². The van der Waals surface area contributed by atoms with Gasteiger partial charge in [-0.3, -0.25) is 0 Å². The number of hydrogen-bond donors (Lipinski definition) is 0. The first-order chi connectivity index (χ1) is 9.95. The third-order valence-corrected chi connectivity index (χ3v) is 3.23. The van der Waals surface area contributed by atoms with Crippen LogP contribution < -0.4 is 9.47 Å². The van der Waals surface area contributed by atoms with E-state index in [4.69, 9.17) is 9.47 Å². The molecule has 21 heavy (non-hydrogen) atoms. The molecule has 0 aromatic heterocycles. The fraction of sp³-hybridized carbons (Fsp3) is 0.250. The van der Waals surface area contributed by atoms with Crippen LogP contribution in [0.3, 0.4) is 0 Å². The third kappa shape index (κ3) is 3.48. The van der Waals surface area contributed by atoms with E-state index >= 15 is 0 Å². The van der Waals surface area contributed by atoms with Gasteiger partial charge in [-0.2, -0.15) is 13.2 Å². The summed E-state index contributed by atoms with van der Waals surface area (Å²) in [5, 5.41) is 0. The average molecular weight is 296 g/mol. The van der Waals surface area contributed by atoms with Crippen molar-refractivity contribution in [3.63, 3.8) is 0 Å². The van der Waals surface area contributed by atoms with E-state index in [0.717, 1.165) is 0 Å². The Morgan fingerprint density at radius 1 is 0.714 bits per heavy atom. The summed E-state index contributed by atoms with van der Waals surface area (Å²) < 4.78 is 50.1. The van der Waals surface area contributed by atoms with Gasteiger partial charge in [-0.05, 0) is 35.4 Å². The molecular weight excluding hydrogens is 281 g/mol. The van der Waals surface area contributed by atoms with Gasteiger partial charge in [-0.15, -0.1) is 0 Å². The first kappa shape index (κ1) is 15.2. The molecule has 0 aliphatic rings. The van der Waals surface area contributed by atoms with E-state index in [1.54, 1.807) is 0 Å². The highest BCUT2D eigenvalue weighted by atomic mass is 19.4. The molecule has 0 aliphatic carbocycles. The molecule has 2 aromatic rings. The highest BCUT2D eigenvalue weighted by Gasteiger charge is 2.41. The molecule has 2 rings (SSSR count). The summed E-state index contributed by atoms with van der Waals surface area (Å²) in [5.74, 6) is -0.627. The van der Waals surface area contributed by atoms with Gasteiger partial charge < -0.3 is 9.47 Å². The van der Waals surface area contributed by atoms with Crippen molar-refractivity contribution in [3.8, 4) is 11.5 Å². The minimum absolute atomic E-state index is 0.175. The number of rotatable bonds is 4. The van der Waals surface area contributed by atoms with Gasteiger partial charge in [-0.25, -0.2) is 0 Å². The molecule has 0 aliphatic heterocycles. The highest BCUT2D eigenvalue weighted by molar-refractivity contribution is 5.39. The monoisotopic (exact) mass is 296 g/mol. The lowest BCUT2D eigenvalue weighted by molar-refractivity contribution is -0.141. The van der Waals surface area contributed by atoms with E-state index < -0.39 is 12.1 Å². The number of alkyl halides is 3. The molecule has 0 atom stereocenters. The van der Waals surface area contributed by atoms with E-state index in [1.807, 2.05) is 0 Å². The molecule has 0 spiro atoms. The van der Waals surface area contributed by atoms with E-state index in [-0.39, 0.29) is 11.1 Å². The molecule has 2 aromatic carbocycles. The molecule has 0 amide bonds. The van der Waals surface area contributed by atoms with E-state index in [1.165, 1.54) is 62.8 Å². The molecule has 0 fully saturated rings. The second-order valence-corrected chi connectivity index (χ2v) is 4.52. The van der Waals surface area contributed by atoms with Crippen molar-refractivity contribution in [3.05, 3.63) is 59.7 Å². The van der Waals surface area contributed by atoms with Crippen molar-refractivity contribution < 1.29 is 22.6 Å². The Bertz CT molecular complexity index is 526. The van der Waals surface area contributed by atoms with Gasteiger partial charge in [0.1, 0.15) is 17.4 Å². The smallest absolute Gasteiger partial charge is 0.399 e. The SMILES string of the molecule is COc1ccc(C(c2ccc(OC)cc2)C(F)(F)F)cc1. The molecule has 0 unspecified atom stereocenters. The van der Waals surface area contributed by atoms with Crippen LogP contribution in [0.15, 0.2) is 48.5 Å². The summed E-state index contributed by atoms with van der Waals surface area (Å²) >= 11 is 0. The van der Waals surface area contributed by atoms with Crippen LogP contribution in [0.2, 0.25) is 0 Å². The Morgan fingerprint density at radius 3 is 1.29 bits per heavy atom. The summed E-state index contributed by atoms with van der Waals surface area (Å²) in [6.07, 6.45) is -4.37. The number of methoxy groups -OCH3 is 2. The molecule has 0 heterocycles. The van der Waals surface area contributed by atoms with Gasteiger partial charge in [0.05, 0.1) is 14.2 Å². The highest BCUT2D eigenvalue weighted by Crippen LogP contribution is 2.40. The molecule has 0 bridgehead atoms. The second kappa shape index (κ2) is 6.08. The van der Waals surface area contributed by atoms with Crippen LogP contribution in [0.4, 0.5) is 13.2 Å². The summed E-state index contributed by atoms with van der Waals surface area (Å²) in [5.41, 5.74) is 0.349. The lowest BCUT2D eigenvalue weighted by Gasteiger charge is -2.21. The summed E-state index contributed by atoms with van der Waals surface area (Å²) in [4.78, 5) is 0. The zero-order chi connectivity index (χ0) is 15.5. The first-order valence-corrected chi connectivity index (χ1v) is 6.30. The lowest BCUT2D eigenvalue weighted by atomic mass is 9.90. The summed E-state index contributed by atoms with van der Waals surface area (Å²) in [6, 6.07) is 11.8. The van der Waals surface area contributed by atoms with Crippen LogP contribution >= 0.6 is 0 Å². The maximum Gasteiger partial charge on any atom is 0.399 e. The van der Waals surface area contributed by atoms with E-state index in [9.17, 15) is 13.2 Å². The maximum atomic E-state index is 13.4. The van der Waals surface area contributed by atoms with Crippen molar-refractivity contribution in [2.45, 2.75) is 12.1 Å². The average Bonchev–Trinajstić information content (AvgIpc) is 2.47. The summed E-state index contributed by atoms with van der Waals surface area (Å²) in [6.45, 7) is 0. The Kier molecular flexibility index (Phi) is 4.40. The van der Waals surface area contributed by atoms with Crippen molar-refractivity contribution in [2.24, 2.45) is 0 Å². The molecule has 0 saturated heterocycles. The standard InChI is InChI=1S/C16H15F3O2/c1-20-13-7-3-11(4-8-13)15(16(17,18)19)12-5-9-14(21-2)10-6-12/h3-10,15H,1-2H3. The van der Waals surface area contributed by atoms with Gasteiger partial charge in [0.15, 0.2) is 0 Å². The molecular formula is C16H15F3O2. The quantitative estimate of drug-likeness (QED) is 0.832. The van der Waals surface area contributed by atoms with Gasteiger partial charge >= 0.3 is 6.18 Å². The molecule has 5 heteroatoms. The number of halogens is 3. The van der Waals surface area contributed by atoms with Gasteiger partial charge in [0.2, 0.25) is 0 Å². The van der Waals surface area contributed by atoms with E-state index in [2.05, 4.69) is 0 Å². The Morgan fingerprint density at radius 2 is 1.05 bits per heavy atom. The number of benzene rings is 2.